The largest absolute Gasteiger partial charge is 0.375 e. The highest BCUT2D eigenvalue weighted by Gasteiger charge is 2.44. The molecule has 112 valence electrons. The molecule has 0 radical (unpaired) electrons. The highest BCUT2D eigenvalue weighted by Crippen LogP contribution is 2.43. The summed E-state index contributed by atoms with van der Waals surface area (Å²) in [5.41, 5.74) is 0.249. The Balaban J connectivity index is 1.52. The summed E-state index contributed by atoms with van der Waals surface area (Å²) in [6, 6.07) is 3.27. The predicted molar refractivity (Wildman–Crippen MR) is 78.4 cm³/mol. The molecule has 20 heavy (non-hydrogen) atoms. The molecule has 4 nitrogen and oxygen atoms in total. The Morgan fingerprint density at radius 1 is 1.30 bits per heavy atom. The first kappa shape index (κ1) is 14.3. The number of rotatable bonds is 3. The predicted octanol–water partition coefficient (Wildman–Crippen LogP) is 2.01. The van der Waals surface area contributed by atoms with Crippen LogP contribution in [-0.2, 0) is 4.74 Å². The Hall–Kier alpha value is -0.630. The zero-order valence-corrected chi connectivity index (χ0v) is 12.7. The Morgan fingerprint density at radius 3 is 2.60 bits per heavy atom. The van der Waals surface area contributed by atoms with Crippen LogP contribution in [-0.4, -0.2) is 60.3 Å². The molecule has 2 aliphatic heterocycles. The third kappa shape index (κ3) is 2.72. The number of nitrogens with zero attached hydrogens (tertiary/aromatic N) is 3. The van der Waals surface area contributed by atoms with Gasteiger partial charge in [-0.05, 0) is 38.5 Å². The highest BCUT2D eigenvalue weighted by atomic mass is 16.5. The number of hydrogen-bond acceptors (Lipinski definition) is 4. The quantitative estimate of drug-likeness (QED) is 0.791. The lowest BCUT2D eigenvalue weighted by molar-refractivity contribution is -0.151. The van der Waals surface area contributed by atoms with Crippen LogP contribution in [0.15, 0.2) is 0 Å². The second-order valence-corrected chi connectivity index (χ2v) is 6.66. The third-order valence-corrected chi connectivity index (χ3v) is 5.57. The average Bonchev–Trinajstić information content (AvgIpc) is 2.48. The summed E-state index contributed by atoms with van der Waals surface area (Å²) >= 11 is 0. The SMILES string of the molecule is CCC(C#N)N1CCN(C2CCOC3(CCC3)C2)CC1. The van der Waals surface area contributed by atoms with Gasteiger partial charge < -0.3 is 4.74 Å². The van der Waals surface area contributed by atoms with Crippen molar-refractivity contribution in [1.82, 2.24) is 9.80 Å². The van der Waals surface area contributed by atoms with E-state index in [1.54, 1.807) is 0 Å². The first-order chi connectivity index (χ1) is 9.76. The van der Waals surface area contributed by atoms with Crippen molar-refractivity contribution < 1.29 is 4.74 Å². The molecule has 0 aromatic rings. The molecule has 4 heteroatoms. The number of nitriles is 1. The Bertz CT molecular complexity index is 366. The number of ether oxygens (including phenoxy) is 1. The molecule has 1 aliphatic carbocycles. The minimum Gasteiger partial charge on any atom is -0.375 e. The van der Waals surface area contributed by atoms with E-state index in [1.807, 2.05) is 0 Å². The van der Waals surface area contributed by atoms with Crippen LogP contribution >= 0.6 is 0 Å². The molecular weight excluding hydrogens is 250 g/mol. The summed E-state index contributed by atoms with van der Waals surface area (Å²) in [5.74, 6) is 0. The van der Waals surface area contributed by atoms with Crippen molar-refractivity contribution in [2.24, 2.45) is 0 Å². The van der Waals surface area contributed by atoms with E-state index in [1.165, 1.54) is 32.1 Å². The summed E-state index contributed by atoms with van der Waals surface area (Å²) in [5, 5.41) is 9.18. The van der Waals surface area contributed by atoms with E-state index in [0.29, 0.717) is 6.04 Å². The average molecular weight is 277 g/mol. The van der Waals surface area contributed by atoms with Gasteiger partial charge in [0, 0.05) is 38.8 Å². The second-order valence-electron chi connectivity index (χ2n) is 6.66. The number of piperazine rings is 1. The zero-order valence-electron chi connectivity index (χ0n) is 12.7. The van der Waals surface area contributed by atoms with E-state index in [9.17, 15) is 5.26 Å². The van der Waals surface area contributed by atoms with Crippen LogP contribution < -0.4 is 0 Å². The molecule has 0 N–H and O–H groups in total. The molecule has 2 heterocycles. The van der Waals surface area contributed by atoms with E-state index in [0.717, 1.165) is 39.2 Å². The van der Waals surface area contributed by atoms with Gasteiger partial charge in [-0.1, -0.05) is 6.92 Å². The van der Waals surface area contributed by atoms with Crippen molar-refractivity contribution in [3.8, 4) is 6.07 Å². The van der Waals surface area contributed by atoms with Gasteiger partial charge in [0.15, 0.2) is 0 Å². The fraction of sp³-hybridized carbons (Fsp3) is 0.938. The lowest BCUT2D eigenvalue weighted by Crippen LogP contribution is -2.57. The van der Waals surface area contributed by atoms with E-state index in [-0.39, 0.29) is 11.6 Å². The van der Waals surface area contributed by atoms with Gasteiger partial charge in [0.25, 0.3) is 0 Å². The standard InChI is InChI=1S/C16H27N3O/c1-2-14(13-17)18-7-9-19(10-8-18)15-4-11-20-16(12-15)5-3-6-16/h14-15H,2-12H2,1H3. The summed E-state index contributed by atoms with van der Waals surface area (Å²) in [6.45, 7) is 7.41. The summed E-state index contributed by atoms with van der Waals surface area (Å²) in [7, 11) is 0. The summed E-state index contributed by atoms with van der Waals surface area (Å²) < 4.78 is 6.04. The van der Waals surface area contributed by atoms with Crippen LogP contribution in [0.4, 0.5) is 0 Å². The topological polar surface area (TPSA) is 39.5 Å². The first-order valence-electron chi connectivity index (χ1n) is 8.28. The molecule has 0 amide bonds. The van der Waals surface area contributed by atoms with Crippen molar-refractivity contribution in [2.75, 3.05) is 32.8 Å². The molecule has 1 saturated carbocycles. The molecule has 2 unspecified atom stereocenters. The van der Waals surface area contributed by atoms with Crippen molar-refractivity contribution >= 4 is 0 Å². The Morgan fingerprint density at radius 2 is 2.05 bits per heavy atom. The van der Waals surface area contributed by atoms with E-state index in [2.05, 4.69) is 22.8 Å². The molecule has 2 atom stereocenters. The zero-order chi connectivity index (χ0) is 14.0. The monoisotopic (exact) mass is 277 g/mol. The molecule has 0 aromatic heterocycles. The van der Waals surface area contributed by atoms with Crippen LogP contribution in [0.3, 0.4) is 0 Å². The maximum absolute atomic E-state index is 9.18. The molecule has 0 aromatic carbocycles. The minimum atomic E-state index is 0.116. The Kier molecular flexibility index (Phi) is 4.30. The molecule has 3 rings (SSSR count). The van der Waals surface area contributed by atoms with Crippen LogP contribution in [0.2, 0.25) is 0 Å². The van der Waals surface area contributed by atoms with Crippen molar-refractivity contribution in [1.29, 1.82) is 5.26 Å². The fourth-order valence-electron chi connectivity index (χ4n) is 4.08. The van der Waals surface area contributed by atoms with Gasteiger partial charge >= 0.3 is 0 Å². The molecule has 3 aliphatic rings. The second kappa shape index (κ2) is 6.01. The molecule has 2 saturated heterocycles. The van der Waals surface area contributed by atoms with Gasteiger partial charge in [-0.3, -0.25) is 9.80 Å². The lowest BCUT2D eigenvalue weighted by atomic mass is 9.73. The van der Waals surface area contributed by atoms with Crippen molar-refractivity contribution in [3.63, 3.8) is 0 Å². The highest BCUT2D eigenvalue weighted by molar-refractivity contribution is 4.98. The van der Waals surface area contributed by atoms with Gasteiger partial charge in [-0.15, -0.1) is 0 Å². The summed E-state index contributed by atoms with van der Waals surface area (Å²) in [4.78, 5) is 5.01. The fourth-order valence-corrected chi connectivity index (χ4v) is 4.08. The Labute approximate surface area is 122 Å². The van der Waals surface area contributed by atoms with Gasteiger partial charge in [-0.25, -0.2) is 0 Å². The number of hydrogen-bond donors (Lipinski definition) is 0. The van der Waals surface area contributed by atoms with Crippen molar-refractivity contribution in [2.45, 2.75) is 63.1 Å². The van der Waals surface area contributed by atoms with Gasteiger partial charge in [-0.2, -0.15) is 5.26 Å². The molecule has 3 fully saturated rings. The van der Waals surface area contributed by atoms with Gasteiger partial charge in [0.1, 0.15) is 0 Å². The molecule has 0 bridgehead atoms. The van der Waals surface area contributed by atoms with Crippen LogP contribution in [0.25, 0.3) is 0 Å². The lowest BCUT2D eigenvalue weighted by Gasteiger charge is -2.51. The van der Waals surface area contributed by atoms with E-state index >= 15 is 0 Å². The normalized spacial score (nSPS) is 32.5. The third-order valence-electron chi connectivity index (χ3n) is 5.57. The molecular formula is C16H27N3O. The van der Waals surface area contributed by atoms with Gasteiger partial charge in [0.2, 0.25) is 0 Å². The van der Waals surface area contributed by atoms with E-state index in [4.69, 9.17) is 4.74 Å². The summed E-state index contributed by atoms with van der Waals surface area (Å²) in [6.07, 6.45) is 7.27. The van der Waals surface area contributed by atoms with Crippen LogP contribution in [0, 0.1) is 11.3 Å². The molecule has 1 spiro atoms. The van der Waals surface area contributed by atoms with E-state index < -0.39 is 0 Å². The maximum atomic E-state index is 9.18. The van der Waals surface area contributed by atoms with Crippen molar-refractivity contribution in [3.05, 3.63) is 0 Å². The minimum absolute atomic E-state index is 0.116. The smallest absolute Gasteiger partial charge is 0.0976 e. The van der Waals surface area contributed by atoms with Crippen LogP contribution in [0.5, 0.6) is 0 Å². The van der Waals surface area contributed by atoms with Gasteiger partial charge in [0.05, 0.1) is 17.7 Å². The first-order valence-corrected chi connectivity index (χ1v) is 8.28. The maximum Gasteiger partial charge on any atom is 0.0976 e. The van der Waals surface area contributed by atoms with Crippen LogP contribution in [0.1, 0.15) is 45.4 Å².